The van der Waals surface area contributed by atoms with E-state index < -0.39 is 0 Å². The molecule has 1 nitrogen and oxygen atoms in total. The third kappa shape index (κ3) is 0.644. The average Bonchev–Trinajstić information content (AvgIpc) is 1.86. The van der Waals surface area contributed by atoms with Gasteiger partial charge in [-0.05, 0) is 12.8 Å². The van der Waals surface area contributed by atoms with Crippen LogP contribution in [0.3, 0.4) is 0 Å². The predicted molar refractivity (Wildman–Crippen MR) is 29.1 cm³/mol. The van der Waals surface area contributed by atoms with Crippen molar-refractivity contribution in [1.82, 2.24) is 0 Å². The van der Waals surface area contributed by atoms with Gasteiger partial charge in [-0.2, -0.15) is 0 Å². The van der Waals surface area contributed by atoms with Crippen LogP contribution < -0.4 is 0 Å². The first-order valence-electron chi connectivity index (χ1n) is 1.82. The highest BCUT2D eigenvalue weighted by Crippen LogP contribution is 2.13. The fraction of sp³-hybridized carbons (Fsp3) is 0.500. The fourth-order valence-corrected chi connectivity index (χ4v) is 0.735. The Balaban J connectivity index is 2.55. The second-order valence-electron chi connectivity index (χ2n) is 1.11. The van der Waals surface area contributed by atoms with Crippen molar-refractivity contribution >= 4 is 17.6 Å². The van der Waals surface area contributed by atoms with Crippen LogP contribution >= 0.6 is 11.8 Å². The Morgan fingerprint density at radius 3 is 3.00 bits per heavy atom. The molecule has 1 heterocycles. The second-order valence-corrected chi connectivity index (χ2v) is 2.30. The molecule has 1 rings (SSSR count). The summed E-state index contributed by atoms with van der Waals surface area (Å²) >= 11 is 1.69. The molecular weight excluding hydrogens is 94.1 g/mol. The van der Waals surface area contributed by atoms with E-state index in [0.29, 0.717) is 5.37 Å². The van der Waals surface area contributed by atoms with Gasteiger partial charge in [0.2, 0.25) is 0 Å². The van der Waals surface area contributed by atoms with Crippen LogP contribution in [0.1, 0.15) is 6.92 Å². The van der Waals surface area contributed by atoms with Gasteiger partial charge in [-0.3, -0.25) is 0 Å². The molecular formula is C4H5NS. The first-order valence-corrected chi connectivity index (χ1v) is 2.76. The maximum atomic E-state index is 3.89. The first-order chi connectivity index (χ1) is 2.89. The highest BCUT2D eigenvalue weighted by atomic mass is 32.2. The molecule has 1 unspecified atom stereocenters. The fourth-order valence-electron chi connectivity index (χ4n) is 0.295. The van der Waals surface area contributed by atoms with Gasteiger partial charge >= 0.3 is 0 Å². The van der Waals surface area contributed by atoms with E-state index in [1.807, 2.05) is 12.3 Å². The Labute approximate surface area is 41.2 Å². The maximum Gasteiger partial charge on any atom is 0.106 e. The minimum Gasteiger partial charge on any atom is -0.228 e. The van der Waals surface area contributed by atoms with Gasteiger partial charge < -0.3 is 0 Å². The lowest BCUT2D eigenvalue weighted by Gasteiger charge is -1.87. The quantitative estimate of drug-likeness (QED) is 0.445. The predicted octanol–water partition coefficient (Wildman–Crippen LogP) is 1.26. The summed E-state index contributed by atoms with van der Waals surface area (Å²) in [7, 11) is 0. The molecule has 1 aliphatic rings. The topological polar surface area (TPSA) is 12.4 Å². The zero-order chi connectivity index (χ0) is 4.41. The summed E-state index contributed by atoms with van der Waals surface area (Å²) < 4.78 is 0. The first kappa shape index (κ1) is 3.97. The minimum atomic E-state index is 0.421. The molecule has 6 heavy (non-hydrogen) atoms. The number of aliphatic imine (C=N–C) groups is 1. The Kier molecular flexibility index (Phi) is 0.992. The highest BCUT2D eigenvalue weighted by Gasteiger charge is 1.96. The van der Waals surface area contributed by atoms with Crippen molar-refractivity contribution < 1.29 is 0 Å². The lowest BCUT2D eigenvalue weighted by Crippen LogP contribution is -1.78. The molecule has 0 aromatic heterocycles. The van der Waals surface area contributed by atoms with Crippen molar-refractivity contribution in [3.63, 3.8) is 0 Å². The molecule has 0 aromatic carbocycles. The second kappa shape index (κ2) is 1.50. The van der Waals surface area contributed by atoms with Gasteiger partial charge in [-0.15, -0.1) is 0 Å². The van der Waals surface area contributed by atoms with Crippen LogP contribution in [0.15, 0.2) is 10.4 Å². The molecule has 1 atom stereocenters. The summed E-state index contributed by atoms with van der Waals surface area (Å²) in [6.45, 7) is 2.04. The maximum absolute atomic E-state index is 3.89. The van der Waals surface area contributed by atoms with E-state index in [9.17, 15) is 0 Å². The summed E-state index contributed by atoms with van der Waals surface area (Å²) in [5, 5.41) is 2.30. The summed E-state index contributed by atoms with van der Waals surface area (Å²) in [6, 6.07) is 0. The van der Waals surface area contributed by atoms with Gasteiger partial charge in [0.05, 0.1) is 0 Å². The summed E-state index contributed by atoms with van der Waals surface area (Å²) in [5.74, 6) is 2.73. The van der Waals surface area contributed by atoms with Crippen LogP contribution in [0.4, 0.5) is 0 Å². The molecule has 1 aliphatic heterocycles. The number of hydrogen-bond acceptors (Lipinski definition) is 2. The molecule has 0 amide bonds. The molecule has 0 saturated heterocycles. The van der Waals surface area contributed by atoms with Crippen LogP contribution in [0.25, 0.3) is 0 Å². The Morgan fingerprint density at radius 1 is 2.00 bits per heavy atom. The van der Waals surface area contributed by atoms with Gasteiger partial charge in [0.15, 0.2) is 0 Å². The average molecular weight is 99.2 g/mol. The summed E-state index contributed by atoms with van der Waals surface area (Å²) in [5.41, 5.74) is 0. The van der Waals surface area contributed by atoms with Crippen molar-refractivity contribution in [2.75, 3.05) is 0 Å². The normalized spacial score (nSPS) is 29.2. The number of hydrogen-bond donors (Lipinski definition) is 0. The molecule has 0 N–H and O–H groups in total. The monoisotopic (exact) mass is 99.0 g/mol. The Hall–Kier alpha value is -0.200. The van der Waals surface area contributed by atoms with Crippen molar-refractivity contribution in [3.8, 4) is 0 Å². The van der Waals surface area contributed by atoms with Crippen LogP contribution in [0.5, 0.6) is 0 Å². The molecule has 0 saturated carbocycles. The highest BCUT2D eigenvalue weighted by molar-refractivity contribution is 8.03. The largest absolute Gasteiger partial charge is 0.228 e. The SMILES string of the molecule is CC1N=C=CS1. The van der Waals surface area contributed by atoms with Crippen LogP contribution in [0, 0.1) is 0 Å². The zero-order valence-corrected chi connectivity index (χ0v) is 4.33. The molecule has 0 spiro atoms. The van der Waals surface area contributed by atoms with Gasteiger partial charge in [0, 0.05) is 5.41 Å². The van der Waals surface area contributed by atoms with Gasteiger partial charge in [0.25, 0.3) is 0 Å². The van der Waals surface area contributed by atoms with E-state index in [1.165, 1.54) is 0 Å². The van der Waals surface area contributed by atoms with Crippen molar-refractivity contribution in [2.24, 2.45) is 4.99 Å². The number of rotatable bonds is 0. The van der Waals surface area contributed by atoms with Crippen LogP contribution in [0.2, 0.25) is 0 Å². The number of nitrogens with zero attached hydrogens (tertiary/aromatic N) is 1. The smallest absolute Gasteiger partial charge is 0.106 e. The third-order valence-corrected chi connectivity index (χ3v) is 1.31. The minimum absolute atomic E-state index is 0.421. The van der Waals surface area contributed by atoms with E-state index in [0.717, 1.165) is 0 Å². The Morgan fingerprint density at radius 2 is 2.83 bits per heavy atom. The lowest BCUT2D eigenvalue weighted by atomic mass is 10.8. The van der Waals surface area contributed by atoms with Gasteiger partial charge in [-0.25, -0.2) is 4.99 Å². The molecule has 0 radical (unpaired) electrons. The number of thioether (sulfide) groups is 1. The summed E-state index contributed by atoms with van der Waals surface area (Å²) in [4.78, 5) is 3.89. The molecule has 32 valence electrons. The third-order valence-electron chi connectivity index (χ3n) is 0.574. The van der Waals surface area contributed by atoms with Crippen LogP contribution in [-0.2, 0) is 0 Å². The van der Waals surface area contributed by atoms with E-state index in [-0.39, 0.29) is 0 Å². The van der Waals surface area contributed by atoms with Crippen molar-refractivity contribution in [1.29, 1.82) is 0 Å². The van der Waals surface area contributed by atoms with E-state index in [1.54, 1.807) is 11.8 Å². The van der Waals surface area contributed by atoms with E-state index in [4.69, 9.17) is 0 Å². The molecule has 0 fully saturated rings. The van der Waals surface area contributed by atoms with Crippen molar-refractivity contribution in [3.05, 3.63) is 5.41 Å². The van der Waals surface area contributed by atoms with Crippen LogP contribution in [-0.4, -0.2) is 11.2 Å². The van der Waals surface area contributed by atoms with E-state index >= 15 is 0 Å². The van der Waals surface area contributed by atoms with Gasteiger partial charge in [-0.1, -0.05) is 11.8 Å². The summed E-state index contributed by atoms with van der Waals surface area (Å²) in [6.07, 6.45) is 0. The lowest BCUT2D eigenvalue weighted by molar-refractivity contribution is 1.07. The van der Waals surface area contributed by atoms with Crippen molar-refractivity contribution in [2.45, 2.75) is 12.3 Å². The molecule has 0 bridgehead atoms. The molecule has 0 aliphatic carbocycles. The molecule has 2 heteroatoms. The molecule has 0 aromatic rings. The zero-order valence-electron chi connectivity index (χ0n) is 3.51. The van der Waals surface area contributed by atoms with Gasteiger partial charge in [0.1, 0.15) is 5.37 Å². The Bertz CT molecular complexity index is 102. The standard InChI is InChI=1S/C4H5NS/c1-4-5-2-3-6-4/h3-4H,1H3. The van der Waals surface area contributed by atoms with E-state index in [2.05, 4.69) is 10.9 Å².